The Morgan fingerprint density at radius 2 is 1.83 bits per heavy atom. The van der Waals surface area contributed by atoms with Gasteiger partial charge in [0.2, 0.25) is 0 Å². The van der Waals surface area contributed by atoms with Gasteiger partial charge in [0, 0.05) is 16.3 Å². The number of nitrogens with zero attached hydrogens (tertiary/aromatic N) is 1. The maximum Gasteiger partial charge on any atom is 0.408 e. The summed E-state index contributed by atoms with van der Waals surface area (Å²) in [5, 5.41) is 15.1. The fraction of sp³-hybridized carbons (Fsp3) is 0.333. The first-order chi connectivity index (χ1) is 14.2. The smallest absolute Gasteiger partial charge is 0.408 e. The summed E-state index contributed by atoms with van der Waals surface area (Å²) in [4.78, 5) is 16.4. The molecule has 3 aromatic rings. The number of methoxy groups -OCH3 is 1. The topological polar surface area (TPSA) is 80.7 Å². The van der Waals surface area contributed by atoms with E-state index in [-0.39, 0.29) is 6.54 Å². The highest BCUT2D eigenvalue weighted by Crippen LogP contribution is 2.33. The van der Waals surface area contributed by atoms with Crippen LogP contribution in [0.2, 0.25) is 0 Å². The van der Waals surface area contributed by atoms with E-state index in [1.807, 2.05) is 43.3 Å². The first kappa shape index (κ1) is 21.4. The average molecular weight is 406 g/mol. The Morgan fingerprint density at radius 3 is 2.50 bits per heavy atom. The summed E-state index contributed by atoms with van der Waals surface area (Å²) >= 11 is 0. The lowest BCUT2D eigenvalue weighted by atomic mass is 9.97. The molecule has 2 aromatic carbocycles. The second-order valence-corrected chi connectivity index (χ2v) is 8.01. The normalized spacial score (nSPS) is 12.2. The van der Waals surface area contributed by atoms with Crippen LogP contribution in [-0.2, 0) is 4.74 Å². The molecule has 1 atom stereocenters. The molecule has 1 unspecified atom stereocenters. The molecule has 1 heterocycles. The van der Waals surface area contributed by atoms with Crippen molar-refractivity contribution in [1.29, 1.82) is 0 Å². The number of rotatable bonds is 3. The lowest BCUT2D eigenvalue weighted by Gasteiger charge is -2.19. The zero-order valence-corrected chi connectivity index (χ0v) is 17.9. The van der Waals surface area contributed by atoms with Crippen LogP contribution >= 0.6 is 0 Å². The van der Waals surface area contributed by atoms with E-state index < -0.39 is 17.8 Å². The minimum Gasteiger partial charge on any atom is -0.497 e. The Labute approximate surface area is 176 Å². The molecule has 0 saturated carbocycles. The number of hydrogen-bond donors (Lipinski definition) is 2. The van der Waals surface area contributed by atoms with Gasteiger partial charge in [-0.3, -0.25) is 0 Å². The molecule has 0 bridgehead atoms. The van der Waals surface area contributed by atoms with Crippen LogP contribution < -0.4 is 10.1 Å². The second kappa shape index (κ2) is 8.60. The number of pyridine rings is 1. The van der Waals surface area contributed by atoms with Crippen molar-refractivity contribution in [2.75, 3.05) is 13.7 Å². The Balaban J connectivity index is 1.96. The fourth-order valence-electron chi connectivity index (χ4n) is 3.14. The van der Waals surface area contributed by atoms with Crippen LogP contribution in [0.15, 0.2) is 36.4 Å². The third-order valence-corrected chi connectivity index (χ3v) is 4.41. The number of hydrogen-bond acceptors (Lipinski definition) is 5. The minimum atomic E-state index is -1.06. The average Bonchev–Trinajstić information content (AvgIpc) is 2.67. The number of aliphatic hydroxyl groups excluding tert-OH is 1. The molecule has 30 heavy (non-hydrogen) atoms. The molecule has 0 radical (unpaired) electrons. The van der Waals surface area contributed by atoms with Crippen molar-refractivity contribution in [1.82, 2.24) is 10.3 Å². The Morgan fingerprint density at radius 1 is 1.17 bits per heavy atom. The number of benzene rings is 2. The van der Waals surface area contributed by atoms with Crippen LogP contribution in [0.25, 0.3) is 21.8 Å². The highest BCUT2D eigenvalue weighted by Gasteiger charge is 2.17. The van der Waals surface area contributed by atoms with Gasteiger partial charge in [-0.2, -0.15) is 0 Å². The number of nitrogens with one attached hydrogen (secondary N) is 1. The highest BCUT2D eigenvalue weighted by atomic mass is 16.6. The molecule has 0 spiro atoms. The summed E-state index contributed by atoms with van der Waals surface area (Å²) in [6.07, 6.45) is -1.61. The molecule has 0 aliphatic heterocycles. The van der Waals surface area contributed by atoms with Gasteiger partial charge in [0.15, 0.2) is 0 Å². The number of aliphatic hydroxyl groups is 1. The van der Waals surface area contributed by atoms with Crippen molar-refractivity contribution in [3.8, 4) is 17.6 Å². The molecule has 1 amide bonds. The van der Waals surface area contributed by atoms with E-state index in [1.54, 1.807) is 27.9 Å². The molecule has 0 aliphatic rings. The monoisotopic (exact) mass is 406 g/mol. The second-order valence-electron chi connectivity index (χ2n) is 8.01. The van der Waals surface area contributed by atoms with E-state index in [0.29, 0.717) is 11.3 Å². The summed E-state index contributed by atoms with van der Waals surface area (Å²) in [5.74, 6) is 6.30. The van der Waals surface area contributed by atoms with Crippen LogP contribution in [0.4, 0.5) is 4.79 Å². The lowest BCUT2D eigenvalue weighted by Crippen LogP contribution is -2.32. The first-order valence-corrected chi connectivity index (χ1v) is 9.69. The summed E-state index contributed by atoms with van der Waals surface area (Å²) < 4.78 is 10.5. The Bertz CT molecular complexity index is 1150. The van der Waals surface area contributed by atoms with E-state index in [4.69, 9.17) is 14.5 Å². The fourth-order valence-corrected chi connectivity index (χ4v) is 3.14. The lowest BCUT2D eigenvalue weighted by molar-refractivity contribution is 0.0535. The van der Waals surface area contributed by atoms with E-state index >= 15 is 0 Å². The number of alkyl carbamates (subject to hydrolysis) is 1. The quantitative estimate of drug-likeness (QED) is 0.502. The zero-order valence-electron chi connectivity index (χ0n) is 17.9. The van der Waals surface area contributed by atoms with E-state index in [0.717, 1.165) is 27.4 Å². The van der Waals surface area contributed by atoms with Gasteiger partial charge < -0.3 is 19.9 Å². The van der Waals surface area contributed by atoms with Gasteiger partial charge >= 0.3 is 6.09 Å². The van der Waals surface area contributed by atoms with Crippen molar-refractivity contribution in [3.63, 3.8) is 0 Å². The van der Waals surface area contributed by atoms with Crippen molar-refractivity contribution in [2.24, 2.45) is 0 Å². The van der Waals surface area contributed by atoms with Crippen molar-refractivity contribution in [3.05, 3.63) is 47.5 Å². The first-order valence-electron chi connectivity index (χ1n) is 9.69. The molecule has 0 saturated heterocycles. The Kier molecular flexibility index (Phi) is 6.14. The van der Waals surface area contributed by atoms with Crippen LogP contribution in [0.1, 0.15) is 38.0 Å². The maximum atomic E-state index is 11.7. The molecule has 1 aromatic heterocycles. The summed E-state index contributed by atoms with van der Waals surface area (Å²) in [5.41, 5.74) is 2.67. The molecule has 6 heteroatoms. The van der Waals surface area contributed by atoms with Crippen LogP contribution in [0.5, 0.6) is 5.75 Å². The number of ether oxygens (including phenoxy) is 2. The van der Waals surface area contributed by atoms with E-state index in [2.05, 4.69) is 17.2 Å². The maximum absolute atomic E-state index is 11.7. The van der Waals surface area contributed by atoms with Gasteiger partial charge in [0.25, 0.3) is 0 Å². The molecule has 2 N–H and O–H groups in total. The van der Waals surface area contributed by atoms with Crippen LogP contribution in [-0.4, -0.2) is 35.4 Å². The number of fused-ring (bicyclic) bond motifs is 2. The number of amides is 1. The predicted octanol–water partition coefficient (Wildman–Crippen LogP) is 4.27. The number of carbonyl (C=O) groups is 1. The molecule has 0 aliphatic carbocycles. The third kappa shape index (κ3) is 5.00. The summed E-state index contributed by atoms with van der Waals surface area (Å²) in [6, 6.07) is 11.5. The molecule has 6 nitrogen and oxygen atoms in total. The van der Waals surface area contributed by atoms with Gasteiger partial charge in [-0.05, 0) is 58.0 Å². The van der Waals surface area contributed by atoms with Gasteiger partial charge in [-0.15, -0.1) is 0 Å². The minimum absolute atomic E-state index is 0.0648. The standard InChI is InChI=1S/C24H26N2O4/c1-15-8-10-19-17(13-15)22(18-14-16(29-5)9-11-20(18)26-19)21(27)7-6-12-25-23(28)30-24(2,3)4/h8-11,13-14,21,27H,12H2,1-5H3,(H,25,28). The number of carbonyl (C=O) groups excluding carboxylic acids is 1. The summed E-state index contributed by atoms with van der Waals surface area (Å²) in [6.45, 7) is 7.42. The molecular formula is C24H26N2O4. The van der Waals surface area contributed by atoms with Gasteiger partial charge in [0.1, 0.15) is 17.5 Å². The SMILES string of the molecule is COc1ccc2nc3ccc(C)cc3c(C(O)C#CCNC(=O)OC(C)(C)C)c2c1. The van der Waals surface area contributed by atoms with E-state index in [9.17, 15) is 9.90 Å². The van der Waals surface area contributed by atoms with Gasteiger partial charge in [-0.1, -0.05) is 23.5 Å². The van der Waals surface area contributed by atoms with E-state index in [1.165, 1.54) is 0 Å². The largest absolute Gasteiger partial charge is 0.497 e. The predicted molar refractivity (Wildman–Crippen MR) is 118 cm³/mol. The van der Waals surface area contributed by atoms with Gasteiger partial charge in [-0.25, -0.2) is 9.78 Å². The molecular weight excluding hydrogens is 380 g/mol. The third-order valence-electron chi connectivity index (χ3n) is 4.41. The number of aryl methyl sites for hydroxylation is 1. The van der Waals surface area contributed by atoms with Crippen LogP contribution in [0.3, 0.4) is 0 Å². The van der Waals surface area contributed by atoms with Crippen molar-refractivity contribution < 1.29 is 19.4 Å². The molecule has 3 rings (SSSR count). The summed E-state index contributed by atoms with van der Waals surface area (Å²) in [7, 11) is 1.60. The van der Waals surface area contributed by atoms with Crippen molar-refractivity contribution >= 4 is 27.9 Å². The molecule has 0 fully saturated rings. The Hall–Kier alpha value is -3.30. The highest BCUT2D eigenvalue weighted by molar-refractivity contribution is 5.99. The zero-order chi connectivity index (χ0) is 21.9. The number of aromatic nitrogens is 1. The van der Waals surface area contributed by atoms with Gasteiger partial charge in [0.05, 0.1) is 24.7 Å². The van der Waals surface area contributed by atoms with Crippen LogP contribution in [0, 0.1) is 18.8 Å². The molecule has 156 valence electrons. The van der Waals surface area contributed by atoms with Crippen molar-refractivity contribution in [2.45, 2.75) is 39.4 Å².